The number of thiazole rings is 1. The van der Waals surface area contributed by atoms with Crippen LogP contribution in [0.25, 0.3) is 0 Å². The number of nitrogens with one attached hydrogen (secondary N) is 2. The molecule has 0 spiro atoms. The fraction of sp³-hybridized carbons (Fsp3) is 0.316. The zero-order chi connectivity index (χ0) is 20.1. The van der Waals surface area contributed by atoms with Crippen LogP contribution in [0.2, 0.25) is 0 Å². The summed E-state index contributed by atoms with van der Waals surface area (Å²) in [6.07, 6.45) is 2.27. The maximum Gasteiger partial charge on any atom is 0.267 e. The number of aromatic nitrogens is 1. The highest BCUT2D eigenvalue weighted by molar-refractivity contribution is 7.15. The number of carbonyl (C=O) groups excluding carboxylic acids is 1. The maximum absolute atomic E-state index is 12.5. The van der Waals surface area contributed by atoms with Gasteiger partial charge in [-0.2, -0.15) is 5.26 Å². The molecule has 0 bridgehead atoms. The first-order valence-corrected chi connectivity index (χ1v) is 9.43. The van der Waals surface area contributed by atoms with Crippen molar-refractivity contribution in [3.05, 3.63) is 40.5 Å². The molecule has 1 aromatic carbocycles. The molecule has 0 fully saturated rings. The number of ether oxygens (including phenoxy) is 2. The predicted molar refractivity (Wildman–Crippen MR) is 108 cm³/mol. The Bertz CT molecular complexity index is 948. The average molecular weight is 399 g/mol. The monoisotopic (exact) mass is 399 g/mol. The largest absolute Gasteiger partial charge is 0.497 e. The first-order valence-electron chi connectivity index (χ1n) is 8.61. The molecule has 146 valence electrons. The van der Waals surface area contributed by atoms with Crippen molar-refractivity contribution in [2.45, 2.75) is 13.0 Å². The van der Waals surface area contributed by atoms with E-state index in [0.717, 1.165) is 25.2 Å². The summed E-state index contributed by atoms with van der Waals surface area (Å²) in [6.45, 7) is 1.83. The second-order valence-corrected chi connectivity index (χ2v) is 7.29. The third kappa shape index (κ3) is 4.42. The van der Waals surface area contributed by atoms with Crippen LogP contribution in [0.5, 0.6) is 11.5 Å². The number of fused-ring (bicyclic) bond motifs is 1. The number of likely N-dealkylation sites (N-methyl/N-ethyl adjacent to an activating group) is 1. The third-order valence-corrected chi connectivity index (χ3v) is 5.30. The molecule has 9 heteroatoms. The molecule has 0 saturated carbocycles. The maximum atomic E-state index is 12.5. The Morgan fingerprint density at radius 2 is 2.21 bits per heavy atom. The van der Waals surface area contributed by atoms with Crippen molar-refractivity contribution < 1.29 is 14.3 Å². The Labute approximate surface area is 167 Å². The van der Waals surface area contributed by atoms with E-state index in [1.165, 1.54) is 36.6 Å². The topological polar surface area (TPSA) is 99.5 Å². The van der Waals surface area contributed by atoms with Gasteiger partial charge < -0.3 is 25.0 Å². The van der Waals surface area contributed by atoms with E-state index >= 15 is 0 Å². The van der Waals surface area contributed by atoms with Crippen LogP contribution in [0.3, 0.4) is 0 Å². The first kappa shape index (κ1) is 19.7. The normalized spacial score (nSPS) is 14.0. The van der Waals surface area contributed by atoms with Crippen molar-refractivity contribution in [3.63, 3.8) is 0 Å². The van der Waals surface area contributed by atoms with Gasteiger partial charge in [-0.3, -0.25) is 4.79 Å². The summed E-state index contributed by atoms with van der Waals surface area (Å²) in [5.74, 6) is 0.480. The van der Waals surface area contributed by atoms with Gasteiger partial charge in [0.05, 0.1) is 25.6 Å². The van der Waals surface area contributed by atoms with Gasteiger partial charge in [0.2, 0.25) is 0 Å². The molecule has 2 N–H and O–H groups in total. The van der Waals surface area contributed by atoms with Crippen LogP contribution < -0.4 is 20.1 Å². The van der Waals surface area contributed by atoms with E-state index < -0.39 is 5.91 Å². The van der Waals surface area contributed by atoms with Gasteiger partial charge in [-0.05, 0) is 19.2 Å². The molecule has 0 aliphatic carbocycles. The zero-order valence-electron chi connectivity index (χ0n) is 15.9. The number of nitriles is 1. The van der Waals surface area contributed by atoms with Gasteiger partial charge >= 0.3 is 0 Å². The number of nitrogens with zero attached hydrogens (tertiary/aromatic N) is 3. The molecule has 1 aliphatic rings. The zero-order valence-corrected chi connectivity index (χ0v) is 16.7. The molecule has 8 nitrogen and oxygen atoms in total. The second-order valence-electron chi connectivity index (χ2n) is 6.21. The number of rotatable bonds is 6. The van der Waals surface area contributed by atoms with E-state index in [0.29, 0.717) is 22.3 Å². The summed E-state index contributed by atoms with van der Waals surface area (Å²) in [4.78, 5) is 20.5. The van der Waals surface area contributed by atoms with Crippen LogP contribution in [0.15, 0.2) is 30.0 Å². The van der Waals surface area contributed by atoms with Crippen molar-refractivity contribution in [2.75, 3.05) is 38.4 Å². The van der Waals surface area contributed by atoms with Gasteiger partial charge in [0, 0.05) is 36.7 Å². The number of hydrogen-bond donors (Lipinski definition) is 2. The van der Waals surface area contributed by atoms with Crippen molar-refractivity contribution in [1.29, 1.82) is 5.26 Å². The minimum atomic E-state index is -0.553. The number of carbonyl (C=O) groups is 1. The summed E-state index contributed by atoms with van der Waals surface area (Å²) in [5, 5.41) is 15.7. The first-order chi connectivity index (χ1) is 13.5. The summed E-state index contributed by atoms with van der Waals surface area (Å²) in [7, 11) is 5.10. The molecule has 1 aliphatic heterocycles. The van der Waals surface area contributed by atoms with E-state index in [-0.39, 0.29) is 5.57 Å². The highest BCUT2D eigenvalue weighted by atomic mass is 32.1. The van der Waals surface area contributed by atoms with Gasteiger partial charge in [-0.1, -0.05) is 0 Å². The van der Waals surface area contributed by atoms with E-state index in [1.807, 2.05) is 6.07 Å². The van der Waals surface area contributed by atoms with Gasteiger partial charge in [-0.25, -0.2) is 4.98 Å². The van der Waals surface area contributed by atoms with Crippen LogP contribution in [-0.2, 0) is 17.8 Å². The Morgan fingerprint density at radius 3 is 2.93 bits per heavy atom. The number of benzene rings is 1. The predicted octanol–water partition coefficient (Wildman–Crippen LogP) is 2.61. The third-order valence-electron chi connectivity index (χ3n) is 4.28. The molecule has 2 heterocycles. The van der Waals surface area contributed by atoms with Crippen molar-refractivity contribution >= 4 is 28.1 Å². The van der Waals surface area contributed by atoms with Crippen molar-refractivity contribution in [2.24, 2.45) is 0 Å². The number of hydrogen-bond acceptors (Lipinski definition) is 8. The average Bonchev–Trinajstić information content (AvgIpc) is 3.10. The van der Waals surface area contributed by atoms with Crippen molar-refractivity contribution in [3.8, 4) is 17.6 Å². The minimum absolute atomic E-state index is 0.0739. The number of amides is 1. The van der Waals surface area contributed by atoms with Crippen LogP contribution >= 0.6 is 11.3 Å². The quantitative estimate of drug-likeness (QED) is 0.569. The molecule has 0 saturated heterocycles. The highest BCUT2D eigenvalue weighted by Crippen LogP contribution is 2.30. The molecule has 0 atom stereocenters. The molecule has 0 radical (unpaired) electrons. The Balaban J connectivity index is 1.73. The van der Waals surface area contributed by atoms with Crippen LogP contribution in [0.4, 0.5) is 10.8 Å². The lowest BCUT2D eigenvalue weighted by molar-refractivity contribution is -0.112. The smallest absolute Gasteiger partial charge is 0.267 e. The molecule has 3 rings (SSSR count). The molecule has 2 aromatic rings. The molecule has 1 aromatic heterocycles. The summed E-state index contributed by atoms with van der Waals surface area (Å²) in [5.41, 5.74) is 1.42. The summed E-state index contributed by atoms with van der Waals surface area (Å²) >= 11 is 1.53. The van der Waals surface area contributed by atoms with E-state index in [2.05, 4.69) is 27.6 Å². The van der Waals surface area contributed by atoms with E-state index in [4.69, 9.17) is 9.47 Å². The van der Waals surface area contributed by atoms with Gasteiger partial charge in [0.15, 0.2) is 5.13 Å². The number of methoxy groups -OCH3 is 2. The van der Waals surface area contributed by atoms with Crippen LogP contribution in [0.1, 0.15) is 10.6 Å². The molecule has 0 unspecified atom stereocenters. The minimum Gasteiger partial charge on any atom is -0.497 e. The second kappa shape index (κ2) is 8.73. The standard InChI is InChI=1S/C19H21N5O3S/c1-24-7-6-14-17(11-24)28-19(23-14)21-10-12(9-20)18(25)22-15-8-13(26-2)4-5-16(15)27-3/h4-5,8,10H,6-7,11H2,1-3H3,(H,21,23)(H,22,25)/b12-10-. The Hall–Kier alpha value is -3.09. The van der Waals surface area contributed by atoms with Gasteiger partial charge in [-0.15, -0.1) is 11.3 Å². The SMILES string of the molecule is COc1ccc(OC)c(NC(=O)/C(C#N)=C\Nc2nc3c(s2)CN(C)CC3)c1. The van der Waals surface area contributed by atoms with E-state index in [1.54, 1.807) is 18.2 Å². The Kier molecular flexibility index (Phi) is 6.13. The van der Waals surface area contributed by atoms with Gasteiger partial charge in [0.1, 0.15) is 23.1 Å². The van der Waals surface area contributed by atoms with Crippen molar-refractivity contribution in [1.82, 2.24) is 9.88 Å². The fourth-order valence-electron chi connectivity index (χ4n) is 2.77. The van der Waals surface area contributed by atoms with Crippen LogP contribution in [0, 0.1) is 11.3 Å². The lowest BCUT2D eigenvalue weighted by Crippen LogP contribution is -2.25. The Morgan fingerprint density at radius 1 is 1.39 bits per heavy atom. The lowest BCUT2D eigenvalue weighted by Gasteiger charge is -2.20. The number of anilines is 2. The summed E-state index contributed by atoms with van der Waals surface area (Å²) < 4.78 is 10.4. The van der Waals surface area contributed by atoms with Crippen LogP contribution in [-0.4, -0.2) is 43.6 Å². The van der Waals surface area contributed by atoms with Gasteiger partial charge in [0.25, 0.3) is 5.91 Å². The lowest BCUT2D eigenvalue weighted by atomic mass is 10.2. The molecular formula is C19H21N5O3S. The van der Waals surface area contributed by atoms with E-state index in [9.17, 15) is 10.1 Å². The highest BCUT2D eigenvalue weighted by Gasteiger charge is 2.18. The fourth-order valence-corrected chi connectivity index (χ4v) is 3.83. The summed E-state index contributed by atoms with van der Waals surface area (Å²) in [6, 6.07) is 6.94. The molecular weight excluding hydrogens is 378 g/mol. The molecule has 1 amide bonds. The molecule has 28 heavy (non-hydrogen) atoms.